The van der Waals surface area contributed by atoms with Gasteiger partial charge in [0.15, 0.2) is 0 Å². The van der Waals surface area contributed by atoms with Crippen LogP contribution in [0.15, 0.2) is 57.9 Å². The zero-order valence-corrected chi connectivity index (χ0v) is 19.8. The van der Waals surface area contributed by atoms with Gasteiger partial charge in [0.25, 0.3) is 5.89 Å². The van der Waals surface area contributed by atoms with Crippen LogP contribution in [-0.2, 0) is 12.6 Å². The van der Waals surface area contributed by atoms with Crippen molar-refractivity contribution in [2.75, 3.05) is 11.9 Å². The number of carbonyl (C=O) groups excluding carboxylic acids is 1. The minimum atomic E-state index is -1.03. The molecule has 33 heavy (non-hydrogen) atoms. The maximum Gasteiger partial charge on any atom is 0.307 e. The maximum atomic E-state index is 12.9. The maximum absolute atomic E-state index is 12.9. The molecule has 1 amide bonds. The van der Waals surface area contributed by atoms with E-state index in [0.717, 1.165) is 21.4 Å². The second kappa shape index (κ2) is 9.12. The highest BCUT2D eigenvalue weighted by atomic mass is 79.9. The summed E-state index contributed by atoms with van der Waals surface area (Å²) in [5.41, 5.74) is 1.38. The fraction of sp³-hybridized carbons (Fsp3) is 0.227. The molecule has 0 fully saturated rings. The number of oxazole rings is 1. The summed E-state index contributed by atoms with van der Waals surface area (Å²) >= 11 is 3.41. The molecule has 4 rings (SSSR count). The Hall–Kier alpha value is -3.57. The normalized spacial score (nSPS) is 12.9. The van der Waals surface area contributed by atoms with E-state index in [1.54, 1.807) is 37.1 Å². The number of aromatic nitrogens is 5. The first-order chi connectivity index (χ1) is 15.8. The first-order valence-electron chi connectivity index (χ1n) is 10.0. The van der Waals surface area contributed by atoms with Gasteiger partial charge in [0, 0.05) is 23.8 Å². The van der Waals surface area contributed by atoms with Gasteiger partial charge < -0.3 is 20.2 Å². The molecule has 0 saturated heterocycles. The summed E-state index contributed by atoms with van der Waals surface area (Å²) in [4.78, 5) is 26.0. The zero-order valence-electron chi connectivity index (χ0n) is 18.2. The largest absolute Gasteiger partial charge is 0.440 e. The topological polar surface area (TPSA) is 131 Å². The number of hydrogen-bond donors (Lipinski definition) is 3. The van der Waals surface area contributed by atoms with Crippen LogP contribution >= 0.6 is 15.9 Å². The molecule has 4 aromatic rings. The van der Waals surface area contributed by atoms with Crippen LogP contribution < -0.4 is 10.6 Å². The van der Waals surface area contributed by atoms with E-state index in [1.807, 2.05) is 31.2 Å². The molecule has 0 spiro atoms. The number of halogens is 1. The molecule has 3 N–H and O–H groups in total. The van der Waals surface area contributed by atoms with Crippen molar-refractivity contribution in [3.05, 3.63) is 70.5 Å². The number of aryl methyl sites for hydroxylation is 2. The average molecular weight is 512 g/mol. The van der Waals surface area contributed by atoms with E-state index in [9.17, 15) is 9.90 Å². The number of nitrogens with zero attached hydrogens (tertiary/aromatic N) is 5. The molecule has 0 radical (unpaired) electrons. The van der Waals surface area contributed by atoms with Gasteiger partial charge in [0.1, 0.15) is 23.5 Å². The number of anilines is 2. The van der Waals surface area contributed by atoms with Gasteiger partial charge in [-0.1, -0.05) is 28.1 Å². The lowest BCUT2D eigenvalue weighted by atomic mass is 9.93. The summed E-state index contributed by atoms with van der Waals surface area (Å²) in [6.45, 7) is 3.26. The van der Waals surface area contributed by atoms with E-state index >= 15 is 0 Å². The fourth-order valence-corrected chi connectivity index (χ4v) is 3.60. The highest BCUT2D eigenvalue weighted by Gasteiger charge is 2.30. The van der Waals surface area contributed by atoms with Gasteiger partial charge in [0.05, 0.1) is 18.3 Å². The van der Waals surface area contributed by atoms with Crippen LogP contribution in [0.2, 0.25) is 0 Å². The first kappa shape index (κ1) is 22.6. The van der Waals surface area contributed by atoms with Crippen LogP contribution in [0.4, 0.5) is 11.8 Å². The predicted molar refractivity (Wildman–Crippen MR) is 125 cm³/mol. The lowest BCUT2D eigenvalue weighted by molar-refractivity contribution is 0.0814. The minimum Gasteiger partial charge on any atom is -0.440 e. The highest BCUT2D eigenvalue weighted by Crippen LogP contribution is 2.26. The standard InChI is InChI=1S/C22H22BrN7O3/c1-13-10-24-21(27-17-7-8-25-30(17)3)28-18(13)16-11-33-20(26-16)19(32)29-22(2,12-31)14-5-4-6-15(23)9-14/h4-11,31H,12H2,1-3H3,(H,29,32)(H,24,27,28). The van der Waals surface area contributed by atoms with Crippen LogP contribution in [-0.4, -0.2) is 42.4 Å². The lowest BCUT2D eigenvalue weighted by Crippen LogP contribution is -2.46. The van der Waals surface area contributed by atoms with E-state index in [-0.39, 0.29) is 12.5 Å². The summed E-state index contributed by atoms with van der Waals surface area (Å²) in [5, 5.41) is 20.0. The molecular weight excluding hydrogens is 490 g/mol. The van der Waals surface area contributed by atoms with Crippen molar-refractivity contribution < 1.29 is 14.3 Å². The molecule has 170 valence electrons. The van der Waals surface area contributed by atoms with Gasteiger partial charge in [-0.05, 0) is 37.1 Å². The van der Waals surface area contributed by atoms with Crippen molar-refractivity contribution in [2.45, 2.75) is 19.4 Å². The number of amides is 1. The van der Waals surface area contributed by atoms with Gasteiger partial charge in [-0.2, -0.15) is 5.10 Å². The van der Waals surface area contributed by atoms with Crippen LogP contribution in [0, 0.1) is 6.92 Å². The van der Waals surface area contributed by atoms with Crippen molar-refractivity contribution in [1.82, 2.24) is 30.0 Å². The van der Waals surface area contributed by atoms with Gasteiger partial charge in [-0.15, -0.1) is 0 Å². The zero-order chi connectivity index (χ0) is 23.6. The van der Waals surface area contributed by atoms with Crippen molar-refractivity contribution in [3.63, 3.8) is 0 Å². The van der Waals surface area contributed by atoms with E-state index in [0.29, 0.717) is 17.3 Å². The average Bonchev–Trinajstić information content (AvgIpc) is 3.44. The van der Waals surface area contributed by atoms with Gasteiger partial charge in [0.2, 0.25) is 5.95 Å². The summed E-state index contributed by atoms with van der Waals surface area (Å²) in [7, 11) is 1.80. The van der Waals surface area contributed by atoms with E-state index in [2.05, 4.69) is 46.6 Å². The SMILES string of the molecule is Cc1cnc(Nc2ccnn2C)nc1-c1coc(C(=O)NC(C)(CO)c2cccc(Br)c2)n1. The Kier molecular flexibility index (Phi) is 6.25. The molecule has 1 atom stereocenters. The molecule has 1 aromatic carbocycles. The molecule has 0 aliphatic carbocycles. The molecule has 11 heteroatoms. The van der Waals surface area contributed by atoms with E-state index in [1.165, 1.54) is 6.26 Å². The number of aliphatic hydroxyl groups excluding tert-OH is 1. The quantitative estimate of drug-likeness (QED) is 0.344. The van der Waals surface area contributed by atoms with E-state index < -0.39 is 11.4 Å². The number of rotatable bonds is 7. The third-order valence-corrected chi connectivity index (χ3v) is 5.63. The van der Waals surface area contributed by atoms with Crippen LogP contribution in [0.3, 0.4) is 0 Å². The minimum absolute atomic E-state index is 0.140. The summed E-state index contributed by atoms with van der Waals surface area (Å²) in [6, 6.07) is 9.15. The Labute approximate surface area is 198 Å². The van der Waals surface area contributed by atoms with Gasteiger partial charge in [-0.3, -0.25) is 9.48 Å². The fourth-order valence-electron chi connectivity index (χ4n) is 3.20. The first-order valence-corrected chi connectivity index (χ1v) is 10.8. The summed E-state index contributed by atoms with van der Waals surface area (Å²) in [5.74, 6) is 0.383. The Morgan fingerprint density at radius 2 is 2.12 bits per heavy atom. The highest BCUT2D eigenvalue weighted by molar-refractivity contribution is 9.10. The van der Waals surface area contributed by atoms with Crippen molar-refractivity contribution in [2.24, 2.45) is 7.05 Å². The number of aliphatic hydroxyl groups is 1. The summed E-state index contributed by atoms with van der Waals surface area (Å²) < 4.78 is 7.93. The van der Waals surface area contributed by atoms with Crippen molar-refractivity contribution >= 4 is 33.6 Å². The van der Waals surface area contributed by atoms with Crippen molar-refractivity contribution in [3.8, 4) is 11.4 Å². The monoisotopic (exact) mass is 511 g/mol. The molecule has 10 nitrogen and oxygen atoms in total. The lowest BCUT2D eigenvalue weighted by Gasteiger charge is -2.28. The number of hydrogen-bond acceptors (Lipinski definition) is 8. The molecular formula is C22H22BrN7O3. The van der Waals surface area contributed by atoms with Crippen LogP contribution in [0.1, 0.15) is 28.7 Å². The second-order valence-corrected chi connectivity index (χ2v) is 8.60. The number of benzene rings is 1. The Bertz CT molecular complexity index is 1300. The molecule has 3 heterocycles. The van der Waals surface area contributed by atoms with Gasteiger partial charge >= 0.3 is 5.91 Å². The van der Waals surface area contributed by atoms with Gasteiger partial charge in [-0.25, -0.2) is 15.0 Å². The molecule has 0 saturated carbocycles. The van der Waals surface area contributed by atoms with Crippen molar-refractivity contribution in [1.29, 1.82) is 0 Å². The second-order valence-electron chi connectivity index (χ2n) is 7.68. The molecule has 3 aromatic heterocycles. The smallest absolute Gasteiger partial charge is 0.307 e. The Morgan fingerprint density at radius 3 is 2.82 bits per heavy atom. The Balaban J connectivity index is 1.57. The molecule has 1 unspecified atom stereocenters. The molecule has 0 bridgehead atoms. The number of carbonyl (C=O) groups is 1. The van der Waals surface area contributed by atoms with E-state index in [4.69, 9.17) is 4.42 Å². The molecule has 0 aliphatic heterocycles. The Morgan fingerprint density at radius 1 is 1.30 bits per heavy atom. The molecule has 0 aliphatic rings. The number of nitrogens with one attached hydrogen (secondary N) is 2. The summed E-state index contributed by atoms with van der Waals surface area (Å²) in [6.07, 6.45) is 4.69. The third kappa shape index (κ3) is 4.78. The van der Waals surface area contributed by atoms with Crippen LogP contribution in [0.25, 0.3) is 11.4 Å². The predicted octanol–water partition coefficient (Wildman–Crippen LogP) is 3.32. The van der Waals surface area contributed by atoms with Crippen LogP contribution in [0.5, 0.6) is 0 Å². The third-order valence-electron chi connectivity index (χ3n) is 5.14.